The van der Waals surface area contributed by atoms with E-state index >= 15 is 0 Å². The molecule has 27 heavy (non-hydrogen) atoms. The van der Waals surface area contributed by atoms with Crippen molar-refractivity contribution in [3.63, 3.8) is 0 Å². The Morgan fingerprint density at radius 1 is 1.22 bits per heavy atom. The Kier molecular flexibility index (Phi) is 6.02. The third-order valence-corrected chi connectivity index (χ3v) is 7.05. The predicted molar refractivity (Wildman–Crippen MR) is 102 cm³/mol. The van der Waals surface area contributed by atoms with E-state index in [9.17, 15) is 23.6 Å². The van der Waals surface area contributed by atoms with Crippen molar-refractivity contribution < 1.29 is 18.4 Å². The van der Waals surface area contributed by atoms with Gasteiger partial charge in [0.1, 0.15) is 5.69 Å². The van der Waals surface area contributed by atoms with Crippen LogP contribution in [-0.2, 0) is 10.0 Å². The zero-order chi connectivity index (χ0) is 19.6. The summed E-state index contributed by atoms with van der Waals surface area (Å²) in [5.41, 5.74) is 0.105. The summed E-state index contributed by atoms with van der Waals surface area (Å²) in [5.74, 6) is 0.603. The second-order valence-corrected chi connectivity index (χ2v) is 9.44. The molecule has 9 heteroatoms. The third kappa shape index (κ3) is 4.77. The van der Waals surface area contributed by atoms with Gasteiger partial charge in [0.05, 0.1) is 15.9 Å². The van der Waals surface area contributed by atoms with Crippen molar-refractivity contribution in [1.29, 1.82) is 0 Å². The van der Waals surface area contributed by atoms with Gasteiger partial charge in [-0.1, -0.05) is 6.92 Å². The maximum Gasteiger partial charge on any atom is 0.293 e. The van der Waals surface area contributed by atoms with Crippen LogP contribution >= 0.6 is 0 Å². The number of nitrogens with zero attached hydrogens (tertiary/aromatic N) is 2. The van der Waals surface area contributed by atoms with Crippen LogP contribution in [0.3, 0.4) is 0 Å². The lowest BCUT2D eigenvalue weighted by Crippen LogP contribution is -2.39. The molecule has 1 aliphatic carbocycles. The monoisotopic (exact) mass is 397 g/mol. The molecule has 1 aromatic carbocycles. The smallest absolute Gasteiger partial charge is 0.293 e. The van der Waals surface area contributed by atoms with Gasteiger partial charge in [0.15, 0.2) is 0 Å². The molecule has 1 atom stereocenters. The van der Waals surface area contributed by atoms with Crippen molar-refractivity contribution >= 4 is 21.4 Å². The molecule has 1 saturated carbocycles. The van der Waals surface area contributed by atoms with Crippen LogP contribution in [0.2, 0.25) is 0 Å². The predicted octanol–water partition coefficient (Wildman–Crippen LogP) is 2.41. The van der Waals surface area contributed by atoms with Gasteiger partial charge >= 0.3 is 0 Å². The Balaban J connectivity index is 1.83. The van der Waals surface area contributed by atoms with E-state index in [4.69, 9.17) is 0 Å². The van der Waals surface area contributed by atoms with E-state index in [-0.39, 0.29) is 16.6 Å². The van der Waals surface area contributed by atoms with Gasteiger partial charge in [-0.25, -0.2) is 13.1 Å². The number of rotatable bonds is 5. The van der Waals surface area contributed by atoms with Crippen LogP contribution in [0.1, 0.15) is 45.4 Å². The molecule has 0 bridgehead atoms. The van der Waals surface area contributed by atoms with Gasteiger partial charge in [-0.3, -0.25) is 10.1 Å². The van der Waals surface area contributed by atoms with E-state index in [0.717, 1.165) is 38.2 Å². The fourth-order valence-electron chi connectivity index (χ4n) is 3.92. The fraction of sp³-hybridized carbons (Fsp3) is 0.667. The highest BCUT2D eigenvalue weighted by Crippen LogP contribution is 2.33. The standard InChI is InChI=1S/C18H27N3O5S/c1-13-4-6-14(7-5-13)19-27(25,26)16-8-9-17(18(11-16)21(23)24)20-10-2-3-15(22)12-20/h8-9,11,13-15,19,22H,2-7,10,12H2,1H3/t13?,14?,15-/m1/s1. The summed E-state index contributed by atoms with van der Waals surface area (Å²) in [7, 11) is -3.81. The molecule has 2 N–H and O–H groups in total. The highest BCUT2D eigenvalue weighted by atomic mass is 32.2. The Bertz CT molecular complexity index is 790. The molecule has 1 aliphatic heterocycles. The second kappa shape index (κ2) is 8.12. The minimum Gasteiger partial charge on any atom is -0.391 e. The first-order chi connectivity index (χ1) is 12.8. The molecular weight excluding hydrogens is 370 g/mol. The Labute approximate surface area is 159 Å². The third-order valence-electron chi connectivity index (χ3n) is 5.53. The summed E-state index contributed by atoms with van der Waals surface area (Å²) in [6.45, 7) is 3.07. The van der Waals surface area contributed by atoms with Gasteiger partial charge in [-0.15, -0.1) is 0 Å². The lowest BCUT2D eigenvalue weighted by atomic mass is 9.88. The van der Waals surface area contributed by atoms with Crippen LogP contribution in [0.25, 0.3) is 0 Å². The maximum absolute atomic E-state index is 12.7. The average molecular weight is 397 g/mol. The topological polar surface area (TPSA) is 113 Å². The number of aliphatic hydroxyl groups is 1. The lowest BCUT2D eigenvalue weighted by molar-refractivity contribution is -0.384. The zero-order valence-electron chi connectivity index (χ0n) is 15.5. The molecule has 0 radical (unpaired) electrons. The quantitative estimate of drug-likeness (QED) is 0.583. The van der Waals surface area contributed by atoms with E-state index in [0.29, 0.717) is 31.1 Å². The normalized spacial score (nSPS) is 26.7. The van der Waals surface area contributed by atoms with E-state index in [1.165, 1.54) is 12.1 Å². The SMILES string of the molecule is CC1CCC(NS(=O)(=O)c2ccc(N3CCC[C@@H](O)C3)c([N+](=O)[O-])c2)CC1. The van der Waals surface area contributed by atoms with Crippen molar-refractivity contribution in [2.45, 2.75) is 62.5 Å². The molecule has 150 valence electrons. The van der Waals surface area contributed by atoms with Crippen molar-refractivity contribution in [3.05, 3.63) is 28.3 Å². The summed E-state index contributed by atoms with van der Waals surface area (Å²) in [5, 5.41) is 21.4. The minimum absolute atomic E-state index is 0.0888. The second-order valence-electron chi connectivity index (χ2n) is 7.73. The maximum atomic E-state index is 12.7. The highest BCUT2D eigenvalue weighted by Gasteiger charge is 2.29. The largest absolute Gasteiger partial charge is 0.391 e. The summed E-state index contributed by atoms with van der Waals surface area (Å²) in [6, 6.07) is 3.90. The Morgan fingerprint density at radius 2 is 1.93 bits per heavy atom. The molecule has 1 aromatic rings. The summed E-state index contributed by atoms with van der Waals surface area (Å²) in [4.78, 5) is 12.7. The molecule has 1 heterocycles. The highest BCUT2D eigenvalue weighted by molar-refractivity contribution is 7.89. The van der Waals surface area contributed by atoms with E-state index in [1.807, 2.05) is 0 Å². The molecule has 0 amide bonds. The Morgan fingerprint density at radius 3 is 2.56 bits per heavy atom. The molecule has 2 fully saturated rings. The average Bonchev–Trinajstić information content (AvgIpc) is 2.63. The van der Waals surface area contributed by atoms with Crippen LogP contribution in [0.5, 0.6) is 0 Å². The molecule has 0 spiro atoms. The van der Waals surface area contributed by atoms with Gasteiger partial charge < -0.3 is 10.0 Å². The minimum atomic E-state index is -3.81. The molecule has 8 nitrogen and oxygen atoms in total. The number of β-amino-alcohol motifs (C(OH)–C–C–N with tert-alkyl or cyclic N) is 1. The number of anilines is 1. The number of nitrogens with one attached hydrogen (secondary N) is 1. The van der Waals surface area contributed by atoms with Crippen LogP contribution in [-0.4, -0.2) is 43.7 Å². The van der Waals surface area contributed by atoms with E-state index < -0.39 is 21.1 Å². The number of hydrogen-bond acceptors (Lipinski definition) is 6. The van der Waals surface area contributed by atoms with Crippen LogP contribution in [0, 0.1) is 16.0 Å². The number of nitro benzene ring substituents is 1. The van der Waals surface area contributed by atoms with E-state index in [2.05, 4.69) is 11.6 Å². The van der Waals surface area contributed by atoms with Gasteiger partial charge in [-0.2, -0.15) is 0 Å². The van der Waals surface area contributed by atoms with E-state index in [1.54, 1.807) is 4.90 Å². The van der Waals surface area contributed by atoms with Gasteiger partial charge in [0.2, 0.25) is 10.0 Å². The van der Waals surface area contributed by atoms with Crippen molar-refractivity contribution in [2.24, 2.45) is 5.92 Å². The van der Waals surface area contributed by atoms with Crippen molar-refractivity contribution in [1.82, 2.24) is 4.72 Å². The van der Waals surface area contributed by atoms with Crippen molar-refractivity contribution in [2.75, 3.05) is 18.0 Å². The van der Waals surface area contributed by atoms with Gasteiger partial charge in [-0.05, 0) is 56.6 Å². The molecule has 0 aromatic heterocycles. The number of sulfonamides is 1. The van der Waals surface area contributed by atoms with Crippen molar-refractivity contribution in [3.8, 4) is 0 Å². The first-order valence-electron chi connectivity index (χ1n) is 9.50. The molecule has 2 aliphatic rings. The molecule has 1 saturated heterocycles. The number of piperidine rings is 1. The Hall–Kier alpha value is -1.71. The number of benzene rings is 1. The first kappa shape index (κ1) is 20.0. The van der Waals surface area contributed by atoms with Crippen LogP contribution in [0.15, 0.2) is 23.1 Å². The molecule has 0 unspecified atom stereocenters. The van der Waals surface area contributed by atoms with Gasteiger partial charge in [0, 0.05) is 25.2 Å². The lowest BCUT2D eigenvalue weighted by Gasteiger charge is -2.31. The fourth-order valence-corrected chi connectivity index (χ4v) is 5.25. The summed E-state index contributed by atoms with van der Waals surface area (Å²) < 4.78 is 28.1. The molecular formula is C18H27N3O5S. The first-order valence-corrected chi connectivity index (χ1v) is 11.0. The number of hydrogen-bond donors (Lipinski definition) is 2. The summed E-state index contributed by atoms with van der Waals surface area (Å²) >= 11 is 0. The van der Waals surface area contributed by atoms with Crippen LogP contribution < -0.4 is 9.62 Å². The number of aliphatic hydroxyl groups excluding tert-OH is 1. The van der Waals surface area contributed by atoms with Crippen LogP contribution in [0.4, 0.5) is 11.4 Å². The summed E-state index contributed by atoms with van der Waals surface area (Å²) in [6.07, 6.45) is 4.39. The van der Waals surface area contributed by atoms with Gasteiger partial charge in [0.25, 0.3) is 5.69 Å². The molecule has 3 rings (SSSR count). The zero-order valence-corrected chi connectivity index (χ0v) is 16.3. The number of nitro groups is 1.